The lowest BCUT2D eigenvalue weighted by atomic mass is 10.1. The van der Waals surface area contributed by atoms with E-state index in [1.165, 1.54) is 0 Å². The molecule has 3 rings (SSSR count). The van der Waals surface area contributed by atoms with Crippen LogP contribution in [0.25, 0.3) is 11.0 Å². The molecule has 0 bridgehead atoms. The van der Waals surface area contributed by atoms with Crippen molar-refractivity contribution in [3.05, 3.63) is 54.1 Å². The number of rotatable bonds is 7. The van der Waals surface area contributed by atoms with Gasteiger partial charge in [-0.2, -0.15) is 0 Å². The van der Waals surface area contributed by atoms with Crippen LogP contribution >= 0.6 is 24.0 Å². The van der Waals surface area contributed by atoms with Crippen molar-refractivity contribution in [1.82, 2.24) is 9.55 Å². The number of carbonyl (C=O) groups is 1. The second-order valence-electron chi connectivity index (χ2n) is 5.28. The summed E-state index contributed by atoms with van der Waals surface area (Å²) >= 11 is 5.75. The Hall–Kier alpha value is -2.24. The molecule has 2 aromatic carbocycles. The second-order valence-corrected chi connectivity index (χ2v) is 5.66. The number of methoxy groups -OCH3 is 1. The Morgan fingerprint density at radius 1 is 1.20 bits per heavy atom. The molecule has 1 N–H and O–H groups in total. The molecule has 0 saturated heterocycles. The molecule has 0 amide bonds. The largest absolute Gasteiger partial charge is 0.497 e. The number of carbonyl (C=O) groups excluding carboxylic acids is 1. The first-order valence-electron chi connectivity index (χ1n) is 7.65. The van der Waals surface area contributed by atoms with Gasteiger partial charge < -0.3 is 14.6 Å². The predicted molar refractivity (Wildman–Crippen MR) is 104 cm³/mol. The highest BCUT2D eigenvalue weighted by molar-refractivity contribution is 6.18. The number of hydrogen-bond acceptors (Lipinski definition) is 4. The summed E-state index contributed by atoms with van der Waals surface area (Å²) in [5.74, 6) is 1.85. The maximum absolute atomic E-state index is 12.6. The number of hydrogen-bond donors (Lipinski definition) is 1. The molecule has 0 aliphatic heterocycles. The molecular weight excluding hydrogens is 361 g/mol. The van der Waals surface area contributed by atoms with Crippen molar-refractivity contribution in [3.8, 4) is 5.75 Å². The number of ketones is 1. The molecule has 1 aromatic heterocycles. The minimum absolute atomic E-state index is 0. The highest BCUT2D eigenvalue weighted by atomic mass is 35.5. The lowest BCUT2D eigenvalue weighted by Crippen LogP contribution is -2.15. The Kier molecular flexibility index (Phi) is 6.67. The lowest BCUT2D eigenvalue weighted by Gasteiger charge is -2.10. The second kappa shape index (κ2) is 8.74. The fourth-order valence-electron chi connectivity index (χ4n) is 2.54. The number of anilines is 1. The van der Waals surface area contributed by atoms with Gasteiger partial charge in [-0.25, -0.2) is 4.98 Å². The molecular formula is C18H19Cl2N3O2. The summed E-state index contributed by atoms with van der Waals surface area (Å²) in [4.78, 5) is 17.2. The molecule has 7 heteroatoms. The van der Waals surface area contributed by atoms with E-state index in [2.05, 4.69) is 10.3 Å². The van der Waals surface area contributed by atoms with Crippen LogP contribution < -0.4 is 10.1 Å². The Labute approximate surface area is 157 Å². The van der Waals surface area contributed by atoms with E-state index in [4.69, 9.17) is 16.3 Å². The van der Waals surface area contributed by atoms with E-state index in [0.717, 1.165) is 16.8 Å². The van der Waals surface area contributed by atoms with Gasteiger partial charge in [0.1, 0.15) is 5.75 Å². The van der Waals surface area contributed by atoms with Crippen molar-refractivity contribution in [1.29, 1.82) is 0 Å². The average Bonchev–Trinajstić information content (AvgIpc) is 2.97. The molecule has 5 nitrogen and oxygen atoms in total. The Morgan fingerprint density at radius 3 is 2.60 bits per heavy atom. The SMILES string of the molecule is COc1ccc(C(=O)Cn2c(NCCCl)nc3ccccc32)cc1.Cl. The maximum Gasteiger partial charge on any atom is 0.204 e. The molecule has 0 radical (unpaired) electrons. The van der Waals surface area contributed by atoms with E-state index in [0.29, 0.717) is 23.9 Å². The number of imidazole rings is 1. The number of nitrogens with one attached hydrogen (secondary N) is 1. The predicted octanol–water partition coefficient (Wildman–Crippen LogP) is 4.00. The van der Waals surface area contributed by atoms with Crippen molar-refractivity contribution in [2.45, 2.75) is 6.54 Å². The van der Waals surface area contributed by atoms with Crippen LogP contribution in [-0.2, 0) is 6.54 Å². The summed E-state index contributed by atoms with van der Waals surface area (Å²) in [6, 6.07) is 14.8. The zero-order valence-corrected chi connectivity index (χ0v) is 15.3. The Bertz CT molecular complexity index is 847. The molecule has 0 spiro atoms. The molecule has 132 valence electrons. The van der Waals surface area contributed by atoms with Gasteiger partial charge in [0, 0.05) is 18.0 Å². The van der Waals surface area contributed by atoms with Crippen molar-refractivity contribution >= 4 is 46.8 Å². The van der Waals surface area contributed by atoms with Crippen molar-refractivity contribution in [2.75, 3.05) is 24.9 Å². The van der Waals surface area contributed by atoms with Gasteiger partial charge in [0.2, 0.25) is 5.95 Å². The number of Topliss-reactive ketones (excluding diaryl/α,β-unsaturated/α-hetero) is 1. The highest BCUT2D eigenvalue weighted by Crippen LogP contribution is 2.21. The van der Waals surface area contributed by atoms with Crippen LogP contribution in [0.15, 0.2) is 48.5 Å². The zero-order chi connectivity index (χ0) is 16.9. The summed E-state index contributed by atoms with van der Waals surface area (Å²) < 4.78 is 7.01. The van der Waals surface area contributed by atoms with Crippen LogP contribution in [0, 0.1) is 0 Å². The zero-order valence-electron chi connectivity index (χ0n) is 13.7. The Morgan fingerprint density at radius 2 is 1.92 bits per heavy atom. The summed E-state index contributed by atoms with van der Waals surface area (Å²) in [6.07, 6.45) is 0. The van der Waals surface area contributed by atoms with Gasteiger partial charge in [-0.05, 0) is 36.4 Å². The molecule has 0 unspecified atom stereocenters. The Balaban J connectivity index is 0.00000225. The minimum atomic E-state index is 0. The van der Waals surface area contributed by atoms with Crippen LogP contribution in [0.2, 0.25) is 0 Å². The molecule has 25 heavy (non-hydrogen) atoms. The van der Waals surface area contributed by atoms with E-state index in [-0.39, 0.29) is 24.7 Å². The van der Waals surface area contributed by atoms with Crippen molar-refractivity contribution in [2.24, 2.45) is 0 Å². The molecule has 0 aliphatic rings. The van der Waals surface area contributed by atoms with Gasteiger partial charge in [0.15, 0.2) is 5.78 Å². The fourth-order valence-corrected chi connectivity index (χ4v) is 2.64. The number of ether oxygens (including phenoxy) is 1. The smallest absolute Gasteiger partial charge is 0.204 e. The van der Waals surface area contributed by atoms with Crippen LogP contribution in [0.4, 0.5) is 5.95 Å². The van der Waals surface area contributed by atoms with Gasteiger partial charge in [-0.1, -0.05) is 12.1 Å². The number of aromatic nitrogens is 2. The monoisotopic (exact) mass is 379 g/mol. The van der Waals surface area contributed by atoms with Gasteiger partial charge >= 0.3 is 0 Å². The molecule has 0 aliphatic carbocycles. The standard InChI is InChI=1S/C18H18ClN3O2.ClH/c1-24-14-8-6-13(7-9-14)17(23)12-22-16-5-3-2-4-15(16)21-18(22)20-11-10-19;/h2-9H,10-12H2,1H3,(H,20,21);1H. The maximum atomic E-state index is 12.6. The summed E-state index contributed by atoms with van der Waals surface area (Å²) in [7, 11) is 1.60. The first-order chi connectivity index (χ1) is 11.7. The van der Waals surface area contributed by atoms with Crippen LogP contribution in [-0.4, -0.2) is 34.9 Å². The van der Waals surface area contributed by atoms with Crippen LogP contribution in [0.1, 0.15) is 10.4 Å². The molecule has 0 saturated carbocycles. The summed E-state index contributed by atoms with van der Waals surface area (Å²) in [6.45, 7) is 0.791. The first kappa shape index (κ1) is 19.1. The molecule has 3 aromatic rings. The number of halogens is 2. The number of benzene rings is 2. The van der Waals surface area contributed by atoms with Gasteiger partial charge in [-0.3, -0.25) is 4.79 Å². The normalized spacial score (nSPS) is 10.3. The number of alkyl halides is 1. The third kappa shape index (κ3) is 4.24. The van der Waals surface area contributed by atoms with E-state index in [1.54, 1.807) is 31.4 Å². The van der Waals surface area contributed by atoms with Crippen molar-refractivity contribution < 1.29 is 9.53 Å². The van der Waals surface area contributed by atoms with Gasteiger partial charge in [0.25, 0.3) is 0 Å². The summed E-state index contributed by atoms with van der Waals surface area (Å²) in [5.41, 5.74) is 2.39. The molecule has 0 fully saturated rings. The van der Waals surface area contributed by atoms with Gasteiger partial charge in [-0.15, -0.1) is 24.0 Å². The number of para-hydroxylation sites is 2. The van der Waals surface area contributed by atoms with E-state index >= 15 is 0 Å². The number of nitrogens with zero attached hydrogens (tertiary/aromatic N) is 2. The average molecular weight is 380 g/mol. The van der Waals surface area contributed by atoms with Crippen LogP contribution in [0.3, 0.4) is 0 Å². The van der Waals surface area contributed by atoms with E-state index < -0.39 is 0 Å². The van der Waals surface area contributed by atoms with Crippen molar-refractivity contribution in [3.63, 3.8) is 0 Å². The van der Waals surface area contributed by atoms with Gasteiger partial charge in [0.05, 0.1) is 24.7 Å². The third-order valence-corrected chi connectivity index (χ3v) is 3.93. The topological polar surface area (TPSA) is 56.1 Å². The van der Waals surface area contributed by atoms with E-state index in [9.17, 15) is 4.79 Å². The lowest BCUT2D eigenvalue weighted by molar-refractivity contribution is 0.0974. The summed E-state index contributed by atoms with van der Waals surface area (Å²) in [5, 5.41) is 3.18. The first-order valence-corrected chi connectivity index (χ1v) is 8.18. The molecule has 0 atom stereocenters. The highest BCUT2D eigenvalue weighted by Gasteiger charge is 2.14. The fraction of sp³-hybridized carbons (Fsp3) is 0.222. The van der Waals surface area contributed by atoms with E-state index in [1.807, 2.05) is 28.8 Å². The molecule has 1 heterocycles. The quantitative estimate of drug-likeness (QED) is 0.497. The minimum Gasteiger partial charge on any atom is -0.497 e. The van der Waals surface area contributed by atoms with Crippen LogP contribution in [0.5, 0.6) is 5.75 Å². The third-order valence-electron chi connectivity index (χ3n) is 3.75. The number of fused-ring (bicyclic) bond motifs is 1.